The molecule has 0 heterocycles. The average Bonchev–Trinajstić information content (AvgIpc) is 2.87. The van der Waals surface area contributed by atoms with E-state index >= 15 is 0 Å². The molecule has 30 nitrogen and oxygen atoms in total. The van der Waals surface area contributed by atoms with Crippen molar-refractivity contribution in [1.82, 2.24) is 29.4 Å². The van der Waals surface area contributed by atoms with Gasteiger partial charge in [-0.25, -0.2) is 0 Å². The molecule has 53 heteroatoms. The van der Waals surface area contributed by atoms with Crippen molar-refractivity contribution >= 4 is 60.8 Å². The average molecular weight is 1310 g/mol. The van der Waals surface area contributed by atoms with E-state index < -0.39 is 177 Å². The van der Waals surface area contributed by atoms with Crippen molar-refractivity contribution < 1.29 is 558 Å². The largest absolute Gasteiger partial charge is 1.00 e. The van der Waals surface area contributed by atoms with Gasteiger partial charge in [-0.1, -0.05) is 60.8 Å². The normalized spacial score (nSPS) is 11.6. The molecule has 71 heavy (non-hydrogen) atoms. The zero-order valence-corrected chi connectivity index (χ0v) is 80.9. The van der Waals surface area contributed by atoms with Gasteiger partial charge >= 0.3 is 443 Å². The van der Waals surface area contributed by atoms with E-state index in [0.717, 1.165) is 9.80 Å². The van der Waals surface area contributed by atoms with Crippen LogP contribution in [0.25, 0.3) is 0 Å². The summed E-state index contributed by atoms with van der Waals surface area (Å²) in [7, 11) is -44.1. The van der Waals surface area contributed by atoms with Crippen molar-refractivity contribution in [2.24, 2.45) is 0 Å². The summed E-state index contributed by atoms with van der Waals surface area (Å²) in [6.45, 7) is -7.35. The zero-order valence-electron chi connectivity index (χ0n) is 43.8. The van der Waals surface area contributed by atoms with Gasteiger partial charge in [-0.05, 0) is 0 Å². The van der Waals surface area contributed by atoms with Crippen LogP contribution < -0.4 is 522 Å². The van der Waals surface area contributed by atoms with E-state index in [9.17, 15) is 115 Å². The van der Waals surface area contributed by atoms with E-state index in [-0.39, 0.29) is 443 Å². The molecule has 0 aromatic carbocycles. The summed E-state index contributed by atoms with van der Waals surface area (Å²) < 4.78 is 91.0. The standard InChI is InChI=1S/C18H52N6O24P8.15Na/c25-49(26,27)11-19(3-5-21(13-51(31,32)33)7-9-23(15-53(37,38)39)16-54(40,41)42)1-2-20(12-50(28,29)30)4-6-22(14-52(34,35)36)8-10-24(17-55(43,44)45)18-56(46,47)48;;;;;;;;;;;;;;;/h1-18H2,(H2,25,26,27)(H2,28,29,30)(H2,31,32,33)(H2,34,35,36)(H2,37,38,39)(H2,40,41,42)(H2,43,44,45)(H2,46,47,48);;;;;;;;;;;;;;;/q;15*+1/p-16. The van der Waals surface area contributed by atoms with Crippen molar-refractivity contribution in [1.29, 1.82) is 0 Å². The van der Waals surface area contributed by atoms with Gasteiger partial charge in [0.15, 0.2) is 0 Å². The molecule has 0 aromatic heterocycles. The summed E-state index contributed by atoms with van der Waals surface area (Å²) in [5, 5.41) is 0. The molecule has 0 saturated carbocycles. The van der Waals surface area contributed by atoms with Gasteiger partial charge in [0.25, 0.3) is 0 Å². The van der Waals surface area contributed by atoms with Crippen LogP contribution >= 0.6 is 60.8 Å². The Morgan fingerprint density at radius 1 is 0.169 bits per heavy atom. The maximum atomic E-state index is 11.6. The second kappa shape index (κ2) is 62.1. The van der Waals surface area contributed by atoms with Crippen molar-refractivity contribution in [3.05, 3.63) is 0 Å². The quantitative estimate of drug-likeness (QED) is 0.0459. The van der Waals surface area contributed by atoms with Gasteiger partial charge in [0.2, 0.25) is 0 Å². The Bertz CT molecular complexity index is 1480. The van der Waals surface area contributed by atoms with Crippen LogP contribution in [0.1, 0.15) is 0 Å². The molecule has 0 aliphatic carbocycles. The minimum atomic E-state index is -5.52. The smallest absolute Gasteiger partial charge is 0.810 e. The van der Waals surface area contributed by atoms with Gasteiger partial charge in [0.05, 0.1) is 0 Å². The van der Waals surface area contributed by atoms with Gasteiger partial charge < -0.3 is 115 Å². The Balaban J connectivity index is -0.000000144. The predicted molar refractivity (Wildman–Crippen MR) is 159 cm³/mol. The topological polar surface area (TPSA) is 525 Å². The van der Waals surface area contributed by atoms with Gasteiger partial charge in [-0.15, -0.1) is 0 Å². The summed E-state index contributed by atoms with van der Waals surface area (Å²) in [5.74, 6) is 0. The predicted octanol–water partition coefficient (Wildman–Crippen LogP) is -59.2. The molecule has 0 bridgehead atoms. The summed E-state index contributed by atoms with van der Waals surface area (Å²) >= 11 is 0. The van der Waals surface area contributed by atoms with E-state index in [1.54, 1.807) is 0 Å². The molecule has 0 spiro atoms. The van der Waals surface area contributed by atoms with Crippen molar-refractivity contribution in [3.63, 3.8) is 0 Å². The Labute approximate surface area is 746 Å². The molecule has 0 aliphatic heterocycles. The maximum Gasteiger partial charge on any atom is 1.00 e. The molecule has 0 unspecified atom stereocenters. The Kier molecular flexibility index (Phi) is 112. The first kappa shape index (κ1) is 128. The number of nitrogens with zero attached hydrogens (tertiary/aromatic N) is 6. The second-order valence-corrected chi connectivity index (χ2v) is 24.3. The third-order valence-electron chi connectivity index (χ3n) is 6.65. The molecule has 0 atom stereocenters. The third-order valence-corrected chi connectivity index (χ3v) is 12.6. The molecule has 0 fully saturated rings. The van der Waals surface area contributed by atoms with Crippen molar-refractivity contribution in [3.8, 4) is 0 Å². The van der Waals surface area contributed by atoms with E-state index in [0.29, 0.717) is 19.6 Å². The Morgan fingerprint density at radius 3 is 0.324 bits per heavy atom. The van der Waals surface area contributed by atoms with Crippen LogP contribution in [-0.4, -0.2) is 145 Å². The van der Waals surface area contributed by atoms with Crippen LogP contribution in [0.3, 0.4) is 0 Å². The fourth-order valence-corrected chi connectivity index (χ4v) is 11.1. The molecule has 338 valence electrons. The molecule has 0 aliphatic rings. The van der Waals surface area contributed by atoms with Crippen LogP contribution in [0.4, 0.5) is 0 Å². The first-order chi connectivity index (χ1) is 24.7. The molecule has 0 N–H and O–H groups in total. The number of hydrogen-bond acceptors (Lipinski definition) is 30. The third kappa shape index (κ3) is 92.4. The fraction of sp³-hybridized carbons (Fsp3) is 1.00. The minimum Gasteiger partial charge on any atom is -0.810 e. The maximum absolute atomic E-state index is 11.6. The number of rotatable bonds is 31. The fourth-order valence-electron chi connectivity index (χ4n) is 4.76. The second-order valence-electron chi connectivity index (χ2n) is 12.3. The minimum absolute atomic E-state index is 0. The molecular weight excluding hydrogens is 1280 g/mol. The van der Waals surface area contributed by atoms with E-state index in [4.69, 9.17) is 0 Å². The van der Waals surface area contributed by atoms with Crippen LogP contribution in [-0.2, 0) is 36.5 Å². The summed E-state index contributed by atoms with van der Waals surface area (Å²) in [6.07, 6.45) is -11.6. The molecule has 0 aromatic rings. The Hall–Kier alpha value is 16.0. The van der Waals surface area contributed by atoms with Crippen LogP contribution in [0.5, 0.6) is 0 Å². The first-order valence-corrected chi connectivity index (χ1v) is 28.9. The van der Waals surface area contributed by atoms with Crippen LogP contribution in [0, 0.1) is 0 Å². The monoisotopic (exact) mass is 1310 g/mol. The van der Waals surface area contributed by atoms with Gasteiger partial charge in [0.1, 0.15) is 0 Å². The van der Waals surface area contributed by atoms with Crippen molar-refractivity contribution in [2.45, 2.75) is 0 Å². The van der Waals surface area contributed by atoms with Gasteiger partial charge in [-0.3, -0.25) is 29.4 Å². The number of hydrogen-bond donors (Lipinski definition) is 0. The first-order valence-electron chi connectivity index (χ1n) is 15.1. The molecule has 0 saturated heterocycles. The molecule has 0 radical (unpaired) electrons. The molecule has 0 amide bonds. The van der Waals surface area contributed by atoms with E-state index in [1.807, 2.05) is 0 Å². The SMILES string of the molecule is O=P([O-])([O-])CN(CCN(CCN(CCN(CP(=O)([O-])[O-])CP(=O)([O-])[O-])CP(=O)([O-])[O-])CP(=O)([O-])[O-])CCN(CCN(CP(=O)([O-])[O-])CP(=O)([O-])[O-])CP(=O)([O-])[O-].[Na+].[Na+].[Na+].[Na+].[Na+].[Na+].[Na+].[Na+].[Na+].[Na+].[Na+].[Na+].[Na+].[Na+].[Na+]. The summed E-state index contributed by atoms with van der Waals surface area (Å²) in [6, 6.07) is 0. The van der Waals surface area contributed by atoms with Gasteiger partial charge in [-0.2, -0.15) is 0 Å². The van der Waals surface area contributed by atoms with Crippen LogP contribution in [0.15, 0.2) is 0 Å². The summed E-state index contributed by atoms with van der Waals surface area (Å²) in [4.78, 5) is 185. The van der Waals surface area contributed by atoms with Crippen LogP contribution in [0.2, 0.25) is 0 Å². The van der Waals surface area contributed by atoms with Crippen molar-refractivity contribution in [2.75, 3.05) is 116 Å². The molecular formula is C18H36N6Na15O24P8-. The van der Waals surface area contributed by atoms with E-state index in [1.165, 1.54) is 0 Å². The van der Waals surface area contributed by atoms with Gasteiger partial charge in [0, 0.05) is 116 Å². The summed E-state index contributed by atoms with van der Waals surface area (Å²) in [5.41, 5.74) is 0. The zero-order chi connectivity index (χ0) is 44.2. The Morgan fingerprint density at radius 2 is 0.239 bits per heavy atom. The molecule has 0 rings (SSSR count). The van der Waals surface area contributed by atoms with E-state index in [2.05, 4.69) is 0 Å².